The molecule has 0 aliphatic heterocycles. The Morgan fingerprint density at radius 1 is 1.60 bits per heavy atom. The number of esters is 1. The molecule has 0 unspecified atom stereocenters. The van der Waals surface area contributed by atoms with Crippen LogP contribution >= 0.6 is 0 Å². The quantitative estimate of drug-likeness (QED) is 0.295. The SMILES string of the molecule is COC(=O)C#CC(=N)c1cccnc1N. The lowest BCUT2D eigenvalue weighted by Crippen LogP contribution is -2.04. The molecule has 0 amide bonds. The predicted octanol–water partition coefficient (Wildman–Crippen LogP) is 0.208. The summed E-state index contributed by atoms with van der Waals surface area (Å²) in [5.41, 5.74) is 5.86. The van der Waals surface area contributed by atoms with Gasteiger partial charge in [-0.1, -0.05) is 0 Å². The number of nitrogen functional groups attached to an aromatic ring is 1. The van der Waals surface area contributed by atoms with E-state index in [1.807, 2.05) is 0 Å². The minimum absolute atomic E-state index is 0.0639. The molecule has 76 valence electrons. The molecular weight excluding hydrogens is 194 g/mol. The van der Waals surface area contributed by atoms with Gasteiger partial charge in [-0.05, 0) is 18.1 Å². The maximum atomic E-state index is 10.7. The lowest BCUT2D eigenvalue weighted by atomic mass is 10.1. The number of nitrogens with one attached hydrogen (secondary N) is 1. The fourth-order valence-electron chi connectivity index (χ4n) is 0.861. The molecular formula is C10H9N3O2. The summed E-state index contributed by atoms with van der Waals surface area (Å²) < 4.78 is 4.31. The second-order valence-electron chi connectivity index (χ2n) is 2.55. The average Bonchev–Trinajstić information content (AvgIpc) is 2.26. The average molecular weight is 203 g/mol. The van der Waals surface area contributed by atoms with Crippen molar-refractivity contribution in [2.75, 3.05) is 12.8 Å². The first-order valence-corrected chi connectivity index (χ1v) is 4.04. The molecule has 1 aromatic rings. The third kappa shape index (κ3) is 2.81. The largest absolute Gasteiger partial charge is 0.459 e. The van der Waals surface area contributed by atoms with Crippen LogP contribution in [-0.4, -0.2) is 23.8 Å². The molecule has 0 spiro atoms. The second-order valence-corrected chi connectivity index (χ2v) is 2.55. The summed E-state index contributed by atoms with van der Waals surface area (Å²) in [6.07, 6.45) is 1.51. The van der Waals surface area contributed by atoms with E-state index in [1.165, 1.54) is 13.3 Å². The number of nitrogens with zero attached hydrogens (tertiary/aromatic N) is 1. The van der Waals surface area contributed by atoms with Crippen molar-refractivity contribution in [1.29, 1.82) is 5.41 Å². The molecule has 1 heterocycles. The smallest absolute Gasteiger partial charge is 0.384 e. The summed E-state index contributed by atoms with van der Waals surface area (Å²) in [5, 5.41) is 7.54. The van der Waals surface area contributed by atoms with Gasteiger partial charge in [-0.2, -0.15) is 0 Å². The van der Waals surface area contributed by atoms with Crippen molar-refractivity contribution < 1.29 is 9.53 Å². The van der Waals surface area contributed by atoms with E-state index < -0.39 is 5.97 Å². The van der Waals surface area contributed by atoms with E-state index in [0.717, 1.165) is 0 Å². The number of methoxy groups -OCH3 is 1. The monoisotopic (exact) mass is 203 g/mol. The molecule has 0 atom stereocenters. The highest BCUT2D eigenvalue weighted by Gasteiger charge is 2.03. The zero-order valence-corrected chi connectivity index (χ0v) is 8.07. The minimum Gasteiger partial charge on any atom is -0.459 e. The number of hydrogen-bond donors (Lipinski definition) is 2. The lowest BCUT2D eigenvalue weighted by molar-refractivity contribution is -0.133. The van der Waals surface area contributed by atoms with Gasteiger partial charge < -0.3 is 10.5 Å². The predicted molar refractivity (Wildman–Crippen MR) is 55.3 cm³/mol. The van der Waals surface area contributed by atoms with Crippen LogP contribution in [0.2, 0.25) is 0 Å². The van der Waals surface area contributed by atoms with Crippen molar-refractivity contribution in [1.82, 2.24) is 4.98 Å². The Bertz CT molecular complexity index is 457. The Hall–Kier alpha value is -2.35. The van der Waals surface area contributed by atoms with Crippen molar-refractivity contribution in [3.05, 3.63) is 23.9 Å². The van der Waals surface area contributed by atoms with Crippen LogP contribution in [-0.2, 0) is 9.53 Å². The van der Waals surface area contributed by atoms with Crippen LogP contribution < -0.4 is 5.73 Å². The molecule has 0 fully saturated rings. The molecule has 0 aliphatic carbocycles. The molecule has 1 rings (SSSR count). The summed E-state index contributed by atoms with van der Waals surface area (Å²) in [7, 11) is 1.22. The molecule has 1 aromatic heterocycles. The van der Waals surface area contributed by atoms with Gasteiger partial charge in [-0.15, -0.1) is 0 Å². The fourth-order valence-corrected chi connectivity index (χ4v) is 0.861. The highest BCUT2D eigenvalue weighted by Crippen LogP contribution is 2.06. The number of anilines is 1. The maximum Gasteiger partial charge on any atom is 0.384 e. The highest BCUT2D eigenvalue weighted by atomic mass is 16.5. The van der Waals surface area contributed by atoms with Crippen molar-refractivity contribution >= 4 is 17.5 Å². The van der Waals surface area contributed by atoms with Crippen LogP contribution in [0.4, 0.5) is 5.82 Å². The van der Waals surface area contributed by atoms with Crippen LogP contribution in [0.5, 0.6) is 0 Å². The molecule has 0 saturated heterocycles. The van der Waals surface area contributed by atoms with Crippen LogP contribution in [0.1, 0.15) is 5.56 Å². The van der Waals surface area contributed by atoms with E-state index in [2.05, 4.69) is 21.6 Å². The van der Waals surface area contributed by atoms with E-state index in [-0.39, 0.29) is 11.5 Å². The first-order chi connectivity index (χ1) is 7.15. The molecule has 0 aliphatic rings. The number of aromatic nitrogens is 1. The van der Waals surface area contributed by atoms with Gasteiger partial charge in [0.1, 0.15) is 11.5 Å². The van der Waals surface area contributed by atoms with Crippen LogP contribution in [0.3, 0.4) is 0 Å². The van der Waals surface area contributed by atoms with Gasteiger partial charge in [0, 0.05) is 12.1 Å². The number of rotatable bonds is 1. The van der Waals surface area contributed by atoms with E-state index in [4.69, 9.17) is 11.1 Å². The molecule has 0 aromatic carbocycles. The normalized spacial score (nSPS) is 8.60. The van der Waals surface area contributed by atoms with E-state index in [9.17, 15) is 4.79 Å². The first kappa shape index (κ1) is 10.7. The fraction of sp³-hybridized carbons (Fsp3) is 0.100. The Morgan fingerprint density at radius 3 is 2.93 bits per heavy atom. The minimum atomic E-state index is -0.692. The summed E-state index contributed by atoms with van der Waals surface area (Å²) in [6, 6.07) is 3.25. The van der Waals surface area contributed by atoms with Crippen molar-refractivity contribution in [3.63, 3.8) is 0 Å². The molecule has 0 saturated carbocycles. The molecule has 15 heavy (non-hydrogen) atoms. The van der Waals surface area contributed by atoms with E-state index >= 15 is 0 Å². The van der Waals surface area contributed by atoms with Gasteiger partial charge >= 0.3 is 5.97 Å². The van der Waals surface area contributed by atoms with Gasteiger partial charge in [-0.25, -0.2) is 9.78 Å². The zero-order chi connectivity index (χ0) is 11.3. The van der Waals surface area contributed by atoms with Crippen LogP contribution in [0.25, 0.3) is 0 Å². The standard InChI is InChI=1S/C10H9N3O2/c1-15-9(14)5-4-8(11)7-3-2-6-13-10(7)12/h2-3,6,11H,1H3,(H2,12,13). The highest BCUT2D eigenvalue weighted by molar-refractivity contribution is 6.15. The topological polar surface area (TPSA) is 89.1 Å². The Morgan fingerprint density at radius 2 is 2.33 bits per heavy atom. The van der Waals surface area contributed by atoms with E-state index in [1.54, 1.807) is 12.1 Å². The van der Waals surface area contributed by atoms with Gasteiger partial charge in [0.05, 0.1) is 12.7 Å². The van der Waals surface area contributed by atoms with Crippen molar-refractivity contribution in [2.45, 2.75) is 0 Å². The number of nitrogens with two attached hydrogens (primary N) is 1. The van der Waals surface area contributed by atoms with E-state index in [0.29, 0.717) is 5.56 Å². The number of hydrogen-bond acceptors (Lipinski definition) is 5. The molecule has 0 bridgehead atoms. The molecule has 5 heteroatoms. The lowest BCUT2D eigenvalue weighted by Gasteiger charge is -1.99. The number of ether oxygens (including phenoxy) is 1. The van der Waals surface area contributed by atoms with Crippen LogP contribution in [0.15, 0.2) is 18.3 Å². The third-order valence-electron chi connectivity index (χ3n) is 1.58. The van der Waals surface area contributed by atoms with Crippen molar-refractivity contribution in [3.8, 4) is 11.8 Å². The van der Waals surface area contributed by atoms with Gasteiger partial charge in [0.25, 0.3) is 0 Å². The third-order valence-corrected chi connectivity index (χ3v) is 1.58. The summed E-state index contributed by atoms with van der Waals surface area (Å²) in [4.78, 5) is 14.5. The first-order valence-electron chi connectivity index (χ1n) is 4.04. The summed E-state index contributed by atoms with van der Waals surface area (Å²) in [5.74, 6) is 3.99. The Labute approximate surface area is 86.8 Å². The number of carbonyl (C=O) groups is 1. The second kappa shape index (κ2) is 4.77. The van der Waals surface area contributed by atoms with Gasteiger partial charge in [0.15, 0.2) is 0 Å². The van der Waals surface area contributed by atoms with Gasteiger partial charge in [-0.3, -0.25) is 5.41 Å². The number of carbonyl (C=O) groups excluding carboxylic acids is 1. The van der Waals surface area contributed by atoms with Gasteiger partial charge in [0.2, 0.25) is 0 Å². The van der Waals surface area contributed by atoms with Crippen molar-refractivity contribution in [2.24, 2.45) is 0 Å². The zero-order valence-electron chi connectivity index (χ0n) is 8.07. The molecule has 0 radical (unpaired) electrons. The molecule has 5 nitrogen and oxygen atoms in total. The van der Waals surface area contributed by atoms with Crippen LogP contribution in [0, 0.1) is 17.3 Å². The maximum absolute atomic E-state index is 10.7. The summed E-state index contributed by atoms with van der Waals surface area (Å²) >= 11 is 0. The molecule has 3 N–H and O–H groups in total. The number of pyridine rings is 1. The Balaban J connectivity index is 2.90. The Kier molecular flexibility index (Phi) is 3.41. The summed E-state index contributed by atoms with van der Waals surface area (Å²) in [6.45, 7) is 0.